The lowest BCUT2D eigenvalue weighted by Gasteiger charge is -2.26. The van der Waals surface area contributed by atoms with E-state index in [2.05, 4.69) is 58.9 Å². The fourth-order valence-corrected chi connectivity index (χ4v) is 4.32. The summed E-state index contributed by atoms with van der Waals surface area (Å²) in [4.78, 5) is 15.8. The second-order valence-corrected chi connectivity index (χ2v) is 9.39. The van der Waals surface area contributed by atoms with Crippen molar-refractivity contribution >= 4 is 41.4 Å². The van der Waals surface area contributed by atoms with Gasteiger partial charge in [-0.3, -0.25) is 0 Å². The van der Waals surface area contributed by atoms with E-state index >= 15 is 0 Å². The number of likely N-dealkylation sites (N-methyl/N-ethyl adjacent to an activating group) is 1. The minimum absolute atomic E-state index is 0.367. The van der Waals surface area contributed by atoms with Gasteiger partial charge >= 0.3 is 0 Å². The quantitative estimate of drug-likeness (QED) is 0.380. The van der Waals surface area contributed by atoms with Crippen LogP contribution >= 0.6 is 23.7 Å². The highest BCUT2D eigenvalue weighted by molar-refractivity contribution is 7.98. The van der Waals surface area contributed by atoms with Gasteiger partial charge in [-0.05, 0) is 63.4 Å². The second-order valence-electron chi connectivity index (χ2n) is 7.30. The molecule has 1 heterocycles. The molecule has 27 heavy (non-hydrogen) atoms. The maximum atomic E-state index is 11.2. The molecule has 1 aliphatic heterocycles. The van der Waals surface area contributed by atoms with Crippen molar-refractivity contribution in [2.45, 2.75) is 23.6 Å². The van der Waals surface area contributed by atoms with Crippen molar-refractivity contribution in [1.29, 1.82) is 0 Å². The normalized spacial score (nSPS) is 15.2. The Bertz CT molecular complexity index is 796. The van der Waals surface area contributed by atoms with E-state index in [9.17, 15) is 4.79 Å². The molecule has 2 aromatic rings. The highest BCUT2D eigenvalue weighted by Gasteiger charge is 2.24. The van der Waals surface area contributed by atoms with Gasteiger partial charge in [-0.15, -0.1) is 11.8 Å². The van der Waals surface area contributed by atoms with Crippen molar-refractivity contribution in [3.05, 3.63) is 42.5 Å². The topological polar surface area (TPSA) is 32.8 Å². The van der Waals surface area contributed by atoms with Crippen LogP contribution in [-0.2, 0) is 4.79 Å². The number of para-hydroxylation sites is 1. The number of nitrogens with zero attached hydrogens (tertiary/aromatic N) is 2. The summed E-state index contributed by atoms with van der Waals surface area (Å²) in [5.74, 6) is 0.840. The number of thioether (sulfide) groups is 1. The first-order chi connectivity index (χ1) is 12.9. The Morgan fingerprint density at radius 2 is 1.96 bits per heavy atom. The van der Waals surface area contributed by atoms with Crippen molar-refractivity contribution in [2.75, 3.05) is 37.9 Å². The van der Waals surface area contributed by atoms with E-state index in [1.54, 1.807) is 23.7 Å². The van der Waals surface area contributed by atoms with Crippen LogP contribution in [0.3, 0.4) is 0 Å². The molecule has 0 amide bonds. The molecule has 2 aromatic carbocycles. The number of rotatable bonds is 6. The zero-order chi connectivity index (χ0) is 19.4. The van der Waals surface area contributed by atoms with Gasteiger partial charge in [-0.1, -0.05) is 18.2 Å². The van der Waals surface area contributed by atoms with Crippen molar-refractivity contribution in [3.63, 3.8) is 0 Å². The predicted octanol–water partition coefficient (Wildman–Crippen LogP) is 5.10. The van der Waals surface area contributed by atoms with Crippen LogP contribution in [0, 0.1) is 5.41 Å². The molecule has 0 saturated heterocycles. The average molecular weight is 403 g/mol. The molecular weight excluding hydrogens is 376 g/mol. The third-order valence-electron chi connectivity index (χ3n) is 4.42. The first kappa shape index (κ1) is 20.1. The van der Waals surface area contributed by atoms with Gasteiger partial charge < -0.3 is 14.4 Å². The maximum absolute atomic E-state index is 11.2. The Hall–Kier alpha value is -1.63. The van der Waals surface area contributed by atoms with E-state index < -0.39 is 5.41 Å². The van der Waals surface area contributed by atoms with Crippen molar-refractivity contribution < 1.29 is 9.53 Å². The van der Waals surface area contributed by atoms with Gasteiger partial charge in [0.2, 0.25) is 0 Å². The molecule has 0 spiro atoms. The van der Waals surface area contributed by atoms with Crippen LogP contribution in [0.5, 0.6) is 5.75 Å². The number of carbonyl (C=O) groups is 1. The van der Waals surface area contributed by atoms with E-state index in [-0.39, 0.29) is 0 Å². The molecule has 144 valence electrons. The van der Waals surface area contributed by atoms with Crippen molar-refractivity contribution in [2.24, 2.45) is 5.41 Å². The van der Waals surface area contributed by atoms with Gasteiger partial charge in [0.15, 0.2) is 0 Å². The van der Waals surface area contributed by atoms with Gasteiger partial charge in [-0.2, -0.15) is 0 Å². The van der Waals surface area contributed by atoms with Crippen LogP contribution in [0.25, 0.3) is 0 Å². The summed E-state index contributed by atoms with van der Waals surface area (Å²) in [6.45, 7) is 6.03. The summed E-state index contributed by atoms with van der Waals surface area (Å²) in [7, 11) is 2.11. The van der Waals surface area contributed by atoms with E-state index in [1.165, 1.54) is 11.4 Å². The lowest BCUT2D eigenvalue weighted by molar-refractivity contribution is -0.116. The number of anilines is 2. The molecular formula is C21H26N2O2S2. The third-order valence-corrected chi connectivity index (χ3v) is 6.19. The van der Waals surface area contributed by atoms with E-state index in [0.717, 1.165) is 34.9 Å². The Labute approximate surface area is 170 Å². The molecule has 0 aliphatic carbocycles. The van der Waals surface area contributed by atoms with Gasteiger partial charge in [0.25, 0.3) is 0 Å². The average Bonchev–Trinajstić information content (AvgIpc) is 2.84. The number of hydrogen-bond donors (Lipinski definition) is 0. The Balaban J connectivity index is 2.01. The fraction of sp³-hybridized carbons (Fsp3) is 0.381. The largest absolute Gasteiger partial charge is 0.491 e. The zero-order valence-electron chi connectivity index (χ0n) is 16.3. The van der Waals surface area contributed by atoms with Crippen LogP contribution in [0.1, 0.15) is 13.8 Å². The lowest BCUT2D eigenvalue weighted by atomic mass is 9.98. The van der Waals surface area contributed by atoms with Crippen LogP contribution in [0.4, 0.5) is 11.4 Å². The summed E-state index contributed by atoms with van der Waals surface area (Å²) in [5, 5.41) is 0. The summed E-state index contributed by atoms with van der Waals surface area (Å²) < 4.78 is 8.31. The van der Waals surface area contributed by atoms with Gasteiger partial charge in [0.05, 0.1) is 27.5 Å². The van der Waals surface area contributed by atoms with Crippen molar-refractivity contribution in [1.82, 2.24) is 4.31 Å². The zero-order valence-corrected chi connectivity index (χ0v) is 17.9. The Kier molecular flexibility index (Phi) is 6.40. The molecule has 0 atom stereocenters. The first-order valence-electron chi connectivity index (χ1n) is 8.96. The van der Waals surface area contributed by atoms with E-state index in [0.29, 0.717) is 6.61 Å². The number of ether oxygens (including phenoxy) is 1. The number of benzene rings is 2. The molecule has 4 nitrogen and oxygen atoms in total. The molecule has 1 aliphatic rings. The van der Waals surface area contributed by atoms with Crippen LogP contribution in [0.15, 0.2) is 52.3 Å². The minimum Gasteiger partial charge on any atom is -0.491 e. The summed E-state index contributed by atoms with van der Waals surface area (Å²) in [5.41, 5.74) is 1.89. The fourth-order valence-electron chi connectivity index (χ4n) is 2.84. The number of carbonyl (C=O) groups excluding carboxylic acids is 1. The molecule has 0 unspecified atom stereocenters. The molecule has 0 radical (unpaired) electrons. The molecule has 0 fully saturated rings. The highest BCUT2D eigenvalue weighted by atomic mass is 32.2. The predicted molar refractivity (Wildman–Crippen MR) is 115 cm³/mol. The first-order valence-corrected chi connectivity index (χ1v) is 11.0. The van der Waals surface area contributed by atoms with Crippen molar-refractivity contribution in [3.8, 4) is 5.75 Å². The SMILES string of the molecule is CSc1cc2c(cc1OCC(C)(C)C=O)SN(C)CCN2c1ccccc1. The molecule has 0 bridgehead atoms. The smallest absolute Gasteiger partial charge is 0.134 e. The molecule has 6 heteroatoms. The highest BCUT2D eigenvalue weighted by Crippen LogP contribution is 2.44. The van der Waals surface area contributed by atoms with E-state index in [4.69, 9.17) is 4.74 Å². The van der Waals surface area contributed by atoms with Gasteiger partial charge in [0, 0.05) is 18.8 Å². The van der Waals surface area contributed by atoms with Gasteiger partial charge in [0.1, 0.15) is 12.0 Å². The Morgan fingerprint density at radius 3 is 2.63 bits per heavy atom. The molecule has 3 rings (SSSR count). The van der Waals surface area contributed by atoms with Crippen LogP contribution in [-0.4, -0.2) is 43.6 Å². The number of hydrogen-bond acceptors (Lipinski definition) is 6. The van der Waals surface area contributed by atoms with Crippen LogP contribution < -0.4 is 9.64 Å². The monoisotopic (exact) mass is 402 g/mol. The third kappa shape index (κ3) is 4.81. The molecule has 0 saturated carbocycles. The lowest BCUT2D eigenvalue weighted by Crippen LogP contribution is -2.24. The summed E-state index contributed by atoms with van der Waals surface area (Å²) in [6, 6.07) is 14.8. The number of aldehydes is 1. The maximum Gasteiger partial charge on any atom is 0.134 e. The molecule has 0 aromatic heterocycles. The standard InChI is InChI=1S/C21H26N2O2S2/c1-21(2,14-24)15-25-18-13-19-17(12-20(18)26-4)23(11-10-22(3)27-19)16-8-6-5-7-9-16/h5-9,12-14H,10-11,15H2,1-4H3. The summed E-state index contributed by atoms with van der Waals surface area (Å²) in [6.07, 6.45) is 3.01. The Morgan fingerprint density at radius 1 is 1.22 bits per heavy atom. The van der Waals surface area contributed by atoms with Crippen LogP contribution in [0.2, 0.25) is 0 Å². The molecule has 0 N–H and O–H groups in total. The minimum atomic E-state index is -0.498. The second kappa shape index (κ2) is 8.59. The number of fused-ring (bicyclic) bond motifs is 1. The van der Waals surface area contributed by atoms with Gasteiger partial charge in [-0.25, -0.2) is 4.31 Å². The van der Waals surface area contributed by atoms with E-state index in [1.807, 2.05) is 19.9 Å². The summed E-state index contributed by atoms with van der Waals surface area (Å²) >= 11 is 3.40.